The average Bonchev–Trinajstić information content (AvgIpc) is 2.58. The minimum atomic E-state index is -0.746. The molecule has 0 aromatic heterocycles. The van der Waals surface area contributed by atoms with Crippen LogP contribution in [0.4, 0.5) is 20.6 Å². The lowest BCUT2D eigenvalue weighted by atomic mass is 10.1. The van der Waals surface area contributed by atoms with Crippen LogP contribution in [0.5, 0.6) is 5.75 Å². The fraction of sp³-hybridized carbons (Fsp3) is 0.333. The van der Waals surface area contributed by atoms with Gasteiger partial charge in [0.15, 0.2) is 6.10 Å². The maximum absolute atomic E-state index is 14.6. The molecule has 2 N–H and O–H groups in total. The number of allylic oxidation sites excluding steroid dienone is 2. The summed E-state index contributed by atoms with van der Waals surface area (Å²) in [6, 6.07) is 2.03. The largest absolute Gasteiger partial charge is 0.479 e. The number of ether oxygens (including phenoxy) is 1. The van der Waals surface area contributed by atoms with Gasteiger partial charge in [-0.25, -0.2) is 9.18 Å². The topological polar surface area (TPSA) is 70.7 Å². The maximum Gasteiger partial charge on any atom is 0.319 e. The number of hydrogen-bond acceptors (Lipinski definition) is 3. The van der Waals surface area contributed by atoms with Crippen LogP contribution in [0.2, 0.25) is 0 Å². The number of fused-ring (bicyclic) bond motifs is 1. The number of carbonyl (C=O) groups excluding carboxylic acids is 2. The molecule has 0 spiro atoms. The second-order valence-electron chi connectivity index (χ2n) is 7.49. The first-order valence-corrected chi connectivity index (χ1v) is 8.90. The summed E-state index contributed by atoms with van der Waals surface area (Å²) in [4.78, 5) is 26.1. The predicted octanol–water partition coefficient (Wildman–Crippen LogP) is 4.65. The molecule has 1 aliphatic heterocycles. The molecule has 154 valence electrons. The second kappa shape index (κ2) is 8.29. The Morgan fingerprint density at radius 2 is 2.07 bits per heavy atom. The van der Waals surface area contributed by atoms with Crippen molar-refractivity contribution >= 4 is 23.3 Å². The highest BCUT2D eigenvalue weighted by Crippen LogP contribution is 2.38. The van der Waals surface area contributed by atoms with Crippen LogP contribution in [-0.2, 0) is 4.79 Å². The van der Waals surface area contributed by atoms with E-state index in [2.05, 4.69) is 23.8 Å². The lowest BCUT2D eigenvalue weighted by Crippen LogP contribution is -2.45. The van der Waals surface area contributed by atoms with E-state index in [1.54, 1.807) is 25.2 Å². The van der Waals surface area contributed by atoms with Gasteiger partial charge in [0, 0.05) is 20.5 Å². The van der Waals surface area contributed by atoms with Crippen LogP contribution in [0.3, 0.4) is 0 Å². The third-order valence-corrected chi connectivity index (χ3v) is 3.93. The Bertz CT molecular complexity index is 851. The molecule has 0 fully saturated rings. The van der Waals surface area contributed by atoms with E-state index < -0.39 is 23.5 Å². The number of carbonyl (C=O) groups is 2. The highest BCUT2D eigenvalue weighted by Gasteiger charge is 2.33. The van der Waals surface area contributed by atoms with Gasteiger partial charge in [0.1, 0.15) is 11.6 Å². The van der Waals surface area contributed by atoms with E-state index in [-0.39, 0.29) is 21.0 Å². The summed E-state index contributed by atoms with van der Waals surface area (Å²) in [7, 11) is 0. The molecular formula is C21H30FN3O3. The molecule has 0 saturated carbocycles. The smallest absolute Gasteiger partial charge is 0.319 e. The van der Waals surface area contributed by atoms with E-state index in [1.807, 2.05) is 20.8 Å². The van der Waals surface area contributed by atoms with Crippen molar-refractivity contribution in [2.45, 2.75) is 39.3 Å². The zero-order valence-electron chi connectivity index (χ0n) is 16.6. The van der Waals surface area contributed by atoms with Gasteiger partial charge in [-0.2, -0.15) is 0 Å². The fourth-order valence-electron chi connectivity index (χ4n) is 2.70. The van der Waals surface area contributed by atoms with Crippen molar-refractivity contribution in [3.63, 3.8) is 0 Å². The number of urea groups is 1. The zero-order chi connectivity index (χ0) is 21.1. The monoisotopic (exact) mass is 391 g/mol. The first-order valence-electron chi connectivity index (χ1n) is 8.90. The van der Waals surface area contributed by atoms with Crippen LogP contribution in [0.25, 0.3) is 0 Å². The summed E-state index contributed by atoms with van der Waals surface area (Å²) in [6.45, 7) is 14.6. The molecule has 1 heterocycles. The molecule has 1 aromatic carbocycles. The van der Waals surface area contributed by atoms with E-state index >= 15 is 0 Å². The Morgan fingerprint density at radius 3 is 2.64 bits per heavy atom. The molecule has 2 rings (SSSR count). The van der Waals surface area contributed by atoms with Crippen molar-refractivity contribution in [3.05, 3.63) is 54.9 Å². The maximum atomic E-state index is 14.6. The molecule has 0 aliphatic carbocycles. The number of amides is 3. The third kappa shape index (κ3) is 5.00. The normalized spacial score (nSPS) is 16.8. The summed E-state index contributed by atoms with van der Waals surface area (Å²) >= 11 is 0. The number of anilines is 2. The van der Waals surface area contributed by atoms with Crippen molar-refractivity contribution in [1.82, 2.24) is 5.32 Å². The first-order chi connectivity index (χ1) is 13.1. The van der Waals surface area contributed by atoms with Gasteiger partial charge in [-0.1, -0.05) is 31.4 Å². The Morgan fingerprint density at radius 1 is 1.39 bits per heavy atom. The lowest BCUT2D eigenvalue weighted by Gasteiger charge is -2.33. The predicted molar refractivity (Wildman–Crippen MR) is 113 cm³/mol. The van der Waals surface area contributed by atoms with Crippen LogP contribution in [0, 0.1) is 5.82 Å². The van der Waals surface area contributed by atoms with Gasteiger partial charge in [-0.3, -0.25) is 4.79 Å². The molecule has 1 aromatic rings. The summed E-state index contributed by atoms with van der Waals surface area (Å²) in [5.41, 5.74) is 0.532. The van der Waals surface area contributed by atoms with Gasteiger partial charge in [0.05, 0.1) is 17.9 Å². The SMILES string of the molecule is C=C/C=C(\C=C)CN1C(=O)[C@@H](C)Oc2cc(NC(=O)NC(C)(C)C)c(F)cc21.[HH].[HH]. The van der Waals surface area contributed by atoms with Crippen molar-refractivity contribution in [3.8, 4) is 5.75 Å². The van der Waals surface area contributed by atoms with E-state index in [9.17, 15) is 14.0 Å². The molecule has 0 radical (unpaired) electrons. The lowest BCUT2D eigenvalue weighted by molar-refractivity contribution is -0.125. The molecule has 0 saturated heterocycles. The number of benzene rings is 1. The van der Waals surface area contributed by atoms with Crippen LogP contribution >= 0.6 is 0 Å². The molecule has 1 aliphatic rings. The van der Waals surface area contributed by atoms with E-state index in [0.29, 0.717) is 11.4 Å². The molecule has 3 amide bonds. The molecule has 0 unspecified atom stereocenters. The minimum Gasteiger partial charge on any atom is -0.479 e. The van der Waals surface area contributed by atoms with E-state index in [0.717, 1.165) is 5.57 Å². The van der Waals surface area contributed by atoms with Crippen molar-refractivity contribution in [2.24, 2.45) is 0 Å². The Kier molecular flexibility index (Phi) is 6.28. The molecular weight excluding hydrogens is 361 g/mol. The highest BCUT2D eigenvalue weighted by atomic mass is 19.1. The molecule has 7 heteroatoms. The molecule has 0 bridgehead atoms. The summed E-state index contributed by atoms with van der Waals surface area (Å²) in [6.07, 6.45) is 4.18. The number of nitrogens with zero attached hydrogens (tertiary/aromatic N) is 1. The van der Waals surface area contributed by atoms with Gasteiger partial charge in [-0.15, -0.1) is 0 Å². The molecule has 6 nitrogen and oxygen atoms in total. The van der Waals surface area contributed by atoms with Crippen LogP contribution in [0.15, 0.2) is 49.1 Å². The van der Waals surface area contributed by atoms with Gasteiger partial charge >= 0.3 is 6.03 Å². The Hall–Kier alpha value is -3.09. The van der Waals surface area contributed by atoms with Gasteiger partial charge < -0.3 is 20.3 Å². The van der Waals surface area contributed by atoms with Crippen LogP contribution in [0.1, 0.15) is 30.5 Å². The van der Waals surface area contributed by atoms with Crippen molar-refractivity contribution < 1.29 is 21.6 Å². The first kappa shape index (κ1) is 21.2. The van der Waals surface area contributed by atoms with Gasteiger partial charge in [-0.05, 0) is 33.3 Å². The second-order valence-corrected chi connectivity index (χ2v) is 7.49. The average molecular weight is 391 g/mol. The van der Waals surface area contributed by atoms with Gasteiger partial charge in [0.2, 0.25) is 0 Å². The molecule has 1 atom stereocenters. The van der Waals surface area contributed by atoms with Crippen LogP contribution < -0.4 is 20.3 Å². The van der Waals surface area contributed by atoms with Crippen LogP contribution in [-0.4, -0.2) is 30.1 Å². The third-order valence-electron chi connectivity index (χ3n) is 3.93. The Balaban J connectivity index is 0.00000420. The number of nitrogens with one attached hydrogen (secondary N) is 2. The van der Waals surface area contributed by atoms with E-state index in [4.69, 9.17) is 4.74 Å². The summed E-state index contributed by atoms with van der Waals surface area (Å²) < 4.78 is 20.3. The molecule has 28 heavy (non-hydrogen) atoms. The van der Waals surface area contributed by atoms with E-state index in [1.165, 1.54) is 17.0 Å². The van der Waals surface area contributed by atoms with Crippen molar-refractivity contribution in [1.29, 1.82) is 0 Å². The number of halogens is 1. The standard InChI is InChI=1S/C21H26FN3O3.2H2/c1-7-9-14(8-2)12-25-17-10-15(22)16(23-20(27)24-21(4,5)6)11-18(17)28-13(3)19(25)26;;/h7-11,13H,1-2,12H2,3-6H3,(H2,23,24,27);2*1H/b14-9+;;/t13-;;/m1../s1. The van der Waals surface area contributed by atoms with Crippen molar-refractivity contribution in [2.75, 3.05) is 16.8 Å². The quantitative estimate of drug-likeness (QED) is 0.718. The number of hydrogen-bond donors (Lipinski definition) is 2. The number of rotatable bonds is 5. The fourth-order valence-corrected chi connectivity index (χ4v) is 2.70. The summed E-state index contributed by atoms with van der Waals surface area (Å²) in [5.74, 6) is -0.664. The highest BCUT2D eigenvalue weighted by molar-refractivity contribution is 6.01. The Labute approximate surface area is 167 Å². The van der Waals surface area contributed by atoms with Gasteiger partial charge in [0.25, 0.3) is 5.91 Å². The summed E-state index contributed by atoms with van der Waals surface area (Å²) in [5, 5.41) is 5.18. The minimum absolute atomic E-state index is 0. The zero-order valence-corrected chi connectivity index (χ0v) is 16.6.